The van der Waals surface area contributed by atoms with Crippen LogP contribution in [0.5, 0.6) is 0 Å². The first-order valence-corrected chi connectivity index (χ1v) is 36.5. The normalized spacial score (nSPS) is 19.0. The standard InChI is InChI=1S/C69H108N16O21S/c86-42-37-73-13-15-75(39-44-88)25-31-82(32-28-79(21-17-73)50-65(97)98)58(53-91)5-8-61(92)70-11-12-85(63(94)10-7-60(69(105)106)84-34-26-76(40-45-89)16-14-74(38-43-87)18-22-80(29-36-84)51-66(99)100)48-57(47-55-1-3-56(4-2-55)71-54-107)72-62(93)9-6-59(68(103)104)83-33-27-77(41-46-90)19-20-78(49-64(95)96)23-24-81(30-35-83)52-67(101)102/h1-4,42-46,53,57-60H,5-41,47-52H2,(H,70,92)(H,72,93)(H,95,96)(H,97,98)(H,99,100)(H,101,102)(H,103,104)(H,105,106)/t57-,58-,59-,60-/m0/s1. The zero-order chi connectivity index (χ0) is 78.5. The topological polar surface area (TPSA) is 456 Å². The van der Waals surface area contributed by atoms with Crippen molar-refractivity contribution in [1.82, 2.24) is 74.3 Å². The molecule has 0 radical (unpaired) electrons. The molecule has 3 fully saturated rings. The number of aliphatic carboxylic acids is 6. The molecule has 0 spiro atoms. The Labute approximate surface area is 628 Å². The fourth-order valence-electron chi connectivity index (χ4n) is 13.2. The van der Waals surface area contributed by atoms with Crippen LogP contribution in [0.2, 0.25) is 0 Å². The molecular weight excluding hydrogens is 1420 g/mol. The van der Waals surface area contributed by atoms with Crippen molar-refractivity contribution in [2.75, 3.05) is 236 Å². The van der Waals surface area contributed by atoms with Gasteiger partial charge >= 0.3 is 35.8 Å². The summed E-state index contributed by atoms with van der Waals surface area (Å²) < 4.78 is 0. The number of carbonyl (C=O) groups excluding carboxylic acids is 9. The second kappa shape index (κ2) is 52.0. The van der Waals surface area contributed by atoms with Crippen molar-refractivity contribution < 1.29 is 103 Å². The summed E-state index contributed by atoms with van der Waals surface area (Å²) in [5, 5.41) is 69.1. The lowest BCUT2D eigenvalue weighted by Gasteiger charge is -2.35. The van der Waals surface area contributed by atoms with Crippen molar-refractivity contribution in [1.29, 1.82) is 0 Å². The zero-order valence-electron chi connectivity index (χ0n) is 61.0. The summed E-state index contributed by atoms with van der Waals surface area (Å²) in [5.74, 6) is -8.94. The minimum Gasteiger partial charge on any atom is -0.480 e. The van der Waals surface area contributed by atoms with Crippen molar-refractivity contribution >= 4 is 114 Å². The highest BCUT2D eigenvalue weighted by molar-refractivity contribution is 7.78. The summed E-state index contributed by atoms with van der Waals surface area (Å²) >= 11 is 4.82. The number of nitrogens with one attached hydrogen (secondary N) is 2. The molecule has 3 saturated heterocycles. The number of rotatable bonds is 42. The van der Waals surface area contributed by atoms with Crippen LogP contribution < -0.4 is 10.6 Å². The van der Waals surface area contributed by atoms with Crippen LogP contribution in [-0.2, 0) is 78.3 Å². The van der Waals surface area contributed by atoms with Gasteiger partial charge in [0.05, 0.1) is 81.8 Å². The van der Waals surface area contributed by atoms with Gasteiger partial charge in [0.1, 0.15) is 49.8 Å². The van der Waals surface area contributed by atoms with E-state index in [2.05, 4.69) is 20.8 Å². The van der Waals surface area contributed by atoms with E-state index in [-0.39, 0.29) is 215 Å². The van der Waals surface area contributed by atoms with Crippen molar-refractivity contribution in [3.63, 3.8) is 0 Å². The van der Waals surface area contributed by atoms with E-state index in [9.17, 15) is 97.8 Å². The molecule has 0 aliphatic carbocycles. The van der Waals surface area contributed by atoms with Gasteiger partial charge in [-0.2, -0.15) is 4.99 Å². The van der Waals surface area contributed by atoms with Gasteiger partial charge in [-0.1, -0.05) is 12.1 Å². The van der Waals surface area contributed by atoms with E-state index in [0.717, 1.165) is 18.9 Å². The first-order chi connectivity index (χ1) is 51.4. The van der Waals surface area contributed by atoms with Crippen molar-refractivity contribution in [3.8, 4) is 0 Å². The van der Waals surface area contributed by atoms with Crippen molar-refractivity contribution in [2.24, 2.45) is 4.99 Å². The third-order valence-electron chi connectivity index (χ3n) is 19.2. The quantitative estimate of drug-likeness (QED) is 0.0173. The van der Waals surface area contributed by atoms with Gasteiger partial charge in [-0.25, -0.2) is 0 Å². The van der Waals surface area contributed by atoms with E-state index in [1.807, 2.05) is 19.6 Å². The van der Waals surface area contributed by atoms with E-state index < -0.39 is 104 Å². The van der Waals surface area contributed by atoms with Gasteiger partial charge in [0.15, 0.2) is 0 Å². The van der Waals surface area contributed by atoms with E-state index in [1.54, 1.807) is 63.5 Å². The monoisotopic (exact) mass is 1530 g/mol. The molecule has 0 saturated carbocycles. The number of carbonyl (C=O) groups is 15. The van der Waals surface area contributed by atoms with Crippen LogP contribution >= 0.6 is 12.2 Å². The maximum Gasteiger partial charge on any atom is 0.320 e. The summed E-state index contributed by atoms with van der Waals surface area (Å²) in [5.41, 5.74) is 1.06. The highest BCUT2D eigenvalue weighted by atomic mass is 32.1. The number of hydrogen-bond donors (Lipinski definition) is 8. The number of amides is 3. The van der Waals surface area contributed by atoms with Gasteiger partial charge in [-0.05, 0) is 55.6 Å². The zero-order valence-corrected chi connectivity index (χ0v) is 61.8. The predicted molar refractivity (Wildman–Crippen MR) is 390 cm³/mol. The Morgan fingerprint density at radius 1 is 0.439 bits per heavy atom. The van der Waals surface area contributed by atoms with Gasteiger partial charge in [-0.3, -0.25) is 102 Å². The first kappa shape index (κ1) is 91.2. The highest BCUT2D eigenvalue weighted by Gasteiger charge is 2.33. The second-order valence-corrected chi connectivity index (χ2v) is 26.9. The molecule has 1 aromatic carbocycles. The Balaban J connectivity index is 1.71. The average Bonchev–Trinajstić information content (AvgIpc) is 0.871. The van der Waals surface area contributed by atoms with Gasteiger partial charge in [0, 0.05) is 196 Å². The summed E-state index contributed by atoms with van der Waals surface area (Å²) in [6.07, 6.45) is 2.64. The Morgan fingerprint density at radius 3 is 1.10 bits per heavy atom. The molecule has 8 N–H and O–H groups in total. The van der Waals surface area contributed by atoms with E-state index in [0.29, 0.717) is 69.4 Å². The largest absolute Gasteiger partial charge is 0.480 e. The molecule has 4 rings (SSSR count). The van der Waals surface area contributed by atoms with E-state index >= 15 is 4.79 Å². The van der Waals surface area contributed by atoms with Crippen LogP contribution in [0.15, 0.2) is 29.3 Å². The summed E-state index contributed by atoms with van der Waals surface area (Å²) in [6.45, 7) is 2.49. The third-order valence-corrected chi connectivity index (χ3v) is 19.3. The lowest BCUT2D eigenvalue weighted by atomic mass is 10.0. The number of nitrogens with zero attached hydrogens (tertiary/aromatic N) is 14. The third kappa shape index (κ3) is 37.4. The number of aldehydes is 6. The number of hydrogen-bond acceptors (Lipinski definition) is 29. The second-order valence-electron chi connectivity index (χ2n) is 26.7. The SMILES string of the molecule is O=CCN1CCN(CC=O)CCN([C@H](C=O)CCC(=O)NCCN(C[C@H](Cc2ccc(N=C=S)cc2)NC(=O)CC[C@@H](C(=O)O)N2CCN(CC=O)CCN(CC(=O)O)CCN(CC(=O)O)CC2)C(=O)CC[C@@H](C(=O)O)N2CCN(CC=O)CCN(CC=O)CCN(CC(=O)O)CC2)CCN(CC(=O)O)CC1. The molecule has 3 aliphatic heterocycles. The van der Waals surface area contributed by atoms with Crippen LogP contribution in [0.4, 0.5) is 5.69 Å². The average molecular weight is 1530 g/mol. The number of carboxylic acids is 6. The number of thiocarbonyl (C=S) groups is 1. The molecule has 37 nitrogen and oxygen atoms in total. The molecule has 1 aromatic rings. The fraction of sp³-hybridized carbons (Fsp3) is 0.681. The van der Waals surface area contributed by atoms with Crippen LogP contribution in [0.25, 0.3) is 0 Å². The van der Waals surface area contributed by atoms with Crippen molar-refractivity contribution in [2.45, 2.75) is 69.1 Å². The molecule has 107 heavy (non-hydrogen) atoms. The number of benzene rings is 1. The molecule has 0 unspecified atom stereocenters. The number of isothiocyanates is 1. The Kier molecular flexibility index (Phi) is 44.3. The smallest absolute Gasteiger partial charge is 0.320 e. The number of aliphatic imine (C=N–C) groups is 1. The molecule has 3 aliphatic rings. The molecule has 0 bridgehead atoms. The van der Waals surface area contributed by atoms with Crippen LogP contribution in [-0.4, -0.2) is 451 Å². The number of carboxylic acid groups (broad SMARTS) is 6. The fourth-order valence-corrected chi connectivity index (χ4v) is 13.3. The molecule has 4 atom stereocenters. The molecule has 0 aromatic heterocycles. The maximum absolute atomic E-state index is 15.1. The summed E-state index contributed by atoms with van der Waals surface area (Å²) in [7, 11) is 0. The van der Waals surface area contributed by atoms with Gasteiger partial charge < -0.3 is 74.9 Å². The first-order valence-electron chi connectivity index (χ1n) is 36.1. The molecule has 38 heteroatoms. The van der Waals surface area contributed by atoms with E-state index in [1.165, 1.54) is 4.90 Å². The summed E-state index contributed by atoms with van der Waals surface area (Å²) in [6, 6.07) is 2.14. The molecule has 596 valence electrons. The Morgan fingerprint density at radius 2 is 0.766 bits per heavy atom. The Bertz CT molecular complexity index is 3070. The lowest BCUT2D eigenvalue weighted by molar-refractivity contribution is -0.145. The minimum absolute atomic E-state index is 0.00354. The maximum atomic E-state index is 15.1. The molecule has 3 heterocycles. The van der Waals surface area contributed by atoms with Crippen LogP contribution in [0.1, 0.15) is 44.1 Å². The predicted octanol–water partition coefficient (Wildman–Crippen LogP) is -4.79. The van der Waals surface area contributed by atoms with Gasteiger partial charge in [0.25, 0.3) is 0 Å². The lowest BCUT2D eigenvalue weighted by Crippen LogP contribution is -2.52. The summed E-state index contributed by atoms with van der Waals surface area (Å²) in [4.78, 5) is 216. The minimum atomic E-state index is -1.36. The van der Waals surface area contributed by atoms with Crippen molar-refractivity contribution in [3.05, 3.63) is 29.8 Å². The van der Waals surface area contributed by atoms with Gasteiger partial charge in [0.2, 0.25) is 17.7 Å². The van der Waals surface area contributed by atoms with E-state index in [4.69, 9.17) is 12.2 Å². The highest BCUT2D eigenvalue weighted by Crippen LogP contribution is 2.19. The molecular formula is C69H108N16O21S. The van der Waals surface area contributed by atoms with Crippen LogP contribution in [0, 0.1) is 0 Å². The molecule has 3 amide bonds. The van der Waals surface area contributed by atoms with Crippen LogP contribution in [0.3, 0.4) is 0 Å². The Hall–Kier alpha value is -8.21. The van der Waals surface area contributed by atoms with Gasteiger partial charge in [-0.15, -0.1) is 0 Å².